The van der Waals surface area contributed by atoms with Crippen LogP contribution in [0.4, 0.5) is 0 Å². The molecular formula is C21H35N6S+. The molecule has 0 aromatic heterocycles. The lowest BCUT2D eigenvalue weighted by Gasteiger charge is -2.27. The molecule has 0 amide bonds. The summed E-state index contributed by atoms with van der Waals surface area (Å²) in [5.74, 6) is 4.80. The van der Waals surface area contributed by atoms with E-state index in [1.807, 2.05) is 0 Å². The van der Waals surface area contributed by atoms with Crippen molar-refractivity contribution in [1.29, 1.82) is 10.5 Å². The van der Waals surface area contributed by atoms with Crippen LogP contribution >= 0.6 is 0 Å². The fourth-order valence-corrected chi connectivity index (χ4v) is 6.66. The first-order valence-corrected chi connectivity index (χ1v) is 12.6. The molecule has 0 bridgehead atoms. The minimum atomic E-state index is 0.288. The third kappa shape index (κ3) is 5.56. The molecule has 3 fully saturated rings. The molecule has 0 radical (unpaired) electrons. The number of hydrogen-bond donors (Lipinski definition) is 1. The van der Waals surface area contributed by atoms with Gasteiger partial charge in [-0.05, 0) is 43.6 Å². The van der Waals surface area contributed by atoms with E-state index >= 15 is 0 Å². The molecule has 1 N–H and O–H groups in total. The summed E-state index contributed by atoms with van der Waals surface area (Å²) < 4.78 is 0. The van der Waals surface area contributed by atoms with E-state index in [1.165, 1.54) is 36.6 Å². The number of allylic oxidation sites excluding steroid dienone is 1. The van der Waals surface area contributed by atoms with E-state index in [9.17, 15) is 10.5 Å². The minimum absolute atomic E-state index is 0.288. The molecule has 0 aromatic rings. The molecule has 6 nitrogen and oxygen atoms in total. The van der Waals surface area contributed by atoms with Crippen molar-refractivity contribution in [1.82, 2.24) is 20.0 Å². The lowest BCUT2D eigenvalue weighted by Crippen LogP contribution is -2.38. The molecule has 7 heteroatoms. The Labute approximate surface area is 173 Å². The summed E-state index contributed by atoms with van der Waals surface area (Å²) in [6.45, 7) is 10.8. The van der Waals surface area contributed by atoms with Crippen LogP contribution in [-0.4, -0.2) is 90.4 Å². The van der Waals surface area contributed by atoms with Gasteiger partial charge in [0.05, 0.1) is 0 Å². The van der Waals surface area contributed by atoms with Crippen LogP contribution in [0.2, 0.25) is 0 Å². The lowest BCUT2D eigenvalue weighted by atomic mass is 10.2. The van der Waals surface area contributed by atoms with Crippen molar-refractivity contribution in [2.45, 2.75) is 38.6 Å². The zero-order chi connectivity index (χ0) is 19.8. The summed E-state index contributed by atoms with van der Waals surface area (Å²) in [4.78, 5) is 7.16. The van der Waals surface area contributed by atoms with Crippen LogP contribution in [0.15, 0.2) is 11.4 Å². The Kier molecular flexibility index (Phi) is 8.33. The number of hydrogen-bond acceptors (Lipinski definition) is 6. The zero-order valence-corrected chi connectivity index (χ0v) is 18.1. The van der Waals surface area contributed by atoms with Crippen LogP contribution in [0.1, 0.15) is 32.6 Å². The van der Waals surface area contributed by atoms with Gasteiger partial charge in [-0.2, -0.15) is 10.5 Å². The second kappa shape index (κ2) is 11.0. The molecule has 154 valence electrons. The molecule has 3 saturated heterocycles. The summed E-state index contributed by atoms with van der Waals surface area (Å²) in [7, 11) is 0.557. The Morgan fingerprint density at radius 1 is 1.04 bits per heavy atom. The highest BCUT2D eigenvalue weighted by atomic mass is 32.2. The molecule has 28 heavy (non-hydrogen) atoms. The summed E-state index contributed by atoms with van der Waals surface area (Å²) in [6, 6.07) is 5.00. The maximum atomic E-state index is 9.49. The van der Waals surface area contributed by atoms with Gasteiger partial charge in [0.15, 0.2) is 5.57 Å². The summed E-state index contributed by atoms with van der Waals surface area (Å²) >= 11 is 0. The van der Waals surface area contributed by atoms with Crippen molar-refractivity contribution in [3.8, 4) is 12.1 Å². The number of nitrogens with one attached hydrogen (secondary N) is 1. The van der Waals surface area contributed by atoms with Gasteiger partial charge in [0.2, 0.25) is 0 Å². The van der Waals surface area contributed by atoms with Gasteiger partial charge in [-0.25, -0.2) is 0 Å². The second-order valence-electron chi connectivity index (χ2n) is 8.11. The van der Waals surface area contributed by atoms with E-state index in [2.05, 4.69) is 39.1 Å². The number of likely N-dealkylation sites (tertiary alicyclic amines) is 1. The molecule has 0 saturated carbocycles. The molecular weight excluding hydrogens is 368 g/mol. The van der Waals surface area contributed by atoms with Gasteiger partial charge in [-0.1, -0.05) is 0 Å². The highest BCUT2D eigenvalue weighted by Gasteiger charge is 2.29. The van der Waals surface area contributed by atoms with Crippen LogP contribution in [0.3, 0.4) is 0 Å². The van der Waals surface area contributed by atoms with E-state index < -0.39 is 0 Å². The van der Waals surface area contributed by atoms with Crippen molar-refractivity contribution < 1.29 is 0 Å². The van der Waals surface area contributed by atoms with Crippen LogP contribution in [-0.2, 0) is 10.9 Å². The molecule has 0 aromatic carbocycles. The zero-order valence-electron chi connectivity index (χ0n) is 17.3. The Bertz CT molecular complexity index is 599. The van der Waals surface area contributed by atoms with Crippen molar-refractivity contribution in [2.75, 3.05) is 69.6 Å². The maximum absolute atomic E-state index is 9.49. The summed E-state index contributed by atoms with van der Waals surface area (Å²) in [6.07, 6.45) is 4.89. The van der Waals surface area contributed by atoms with Gasteiger partial charge < -0.3 is 20.0 Å². The first-order valence-electron chi connectivity index (χ1n) is 10.9. The molecule has 1 atom stereocenters. The van der Waals surface area contributed by atoms with Gasteiger partial charge in [0.1, 0.15) is 35.2 Å². The van der Waals surface area contributed by atoms with Crippen molar-refractivity contribution in [3.05, 3.63) is 11.4 Å². The molecule has 3 rings (SSSR count). The summed E-state index contributed by atoms with van der Waals surface area (Å²) in [5, 5.41) is 22.4. The second-order valence-corrected chi connectivity index (χ2v) is 10.6. The van der Waals surface area contributed by atoms with Crippen molar-refractivity contribution >= 4 is 10.9 Å². The van der Waals surface area contributed by atoms with E-state index in [4.69, 9.17) is 0 Å². The SMILES string of the molecule is C[C@H]1CCCN1CCCN1CCN(CCC[S+]2CCNCC2)C1=C(C#N)C#N. The first-order chi connectivity index (χ1) is 13.7. The maximum Gasteiger partial charge on any atom is 0.169 e. The fourth-order valence-electron chi connectivity index (χ4n) is 4.64. The van der Waals surface area contributed by atoms with E-state index in [-0.39, 0.29) is 5.57 Å². The molecule has 0 aliphatic carbocycles. The van der Waals surface area contributed by atoms with Gasteiger partial charge in [-0.3, -0.25) is 0 Å². The average molecular weight is 404 g/mol. The van der Waals surface area contributed by atoms with Crippen molar-refractivity contribution in [3.63, 3.8) is 0 Å². The van der Waals surface area contributed by atoms with E-state index in [0.717, 1.165) is 64.5 Å². The smallest absolute Gasteiger partial charge is 0.169 e. The monoisotopic (exact) mass is 403 g/mol. The fraction of sp³-hybridized carbons (Fsp3) is 0.810. The van der Waals surface area contributed by atoms with Crippen LogP contribution in [0.5, 0.6) is 0 Å². The highest BCUT2D eigenvalue weighted by Crippen LogP contribution is 2.23. The predicted molar refractivity (Wildman–Crippen MR) is 116 cm³/mol. The normalized spacial score (nSPS) is 23.8. The predicted octanol–water partition coefficient (Wildman–Crippen LogP) is 1.35. The van der Waals surface area contributed by atoms with Crippen LogP contribution in [0, 0.1) is 22.7 Å². The number of rotatable bonds is 8. The Morgan fingerprint density at radius 3 is 2.32 bits per heavy atom. The molecule has 3 aliphatic heterocycles. The Balaban J connectivity index is 1.51. The Morgan fingerprint density at radius 2 is 1.71 bits per heavy atom. The minimum Gasteiger partial charge on any atom is -0.355 e. The third-order valence-corrected chi connectivity index (χ3v) is 8.68. The number of nitriles is 2. The first kappa shape index (κ1) is 21.3. The topological polar surface area (TPSA) is 69.3 Å². The van der Waals surface area contributed by atoms with Crippen LogP contribution in [0.25, 0.3) is 0 Å². The number of nitrogens with zero attached hydrogens (tertiary/aromatic N) is 5. The van der Waals surface area contributed by atoms with Gasteiger partial charge in [0, 0.05) is 58.3 Å². The van der Waals surface area contributed by atoms with Crippen molar-refractivity contribution in [2.24, 2.45) is 0 Å². The molecule has 0 spiro atoms. The highest BCUT2D eigenvalue weighted by molar-refractivity contribution is 7.96. The van der Waals surface area contributed by atoms with E-state index in [1.54, 1.807) is 0 Å². The largest absolute Gasteiger partial charge is 0.355 e. The summed E-state index contributed by atoms with van der Waals surface area (Å²) in [5.41, 5.74) is 0.288. The van der Waals surface area contributed by atoms with E-state index in [0.29, 0.717) is 16.9 Å². The average Bonchev–Trinajstić information content (AvgIpc) is 3.31. The van der Waals surface area contributed by atoms with Gasteiger partial charge >= 0.3 is 0 Å². The molecule has 3 aliphatic rings. The standard InChI is InChI=1S/C21H35N6S/c1-19-5-2-8-25(19)9-3-10-26-12-13-27(21(26)20(17-22)18-23)11-4-14-28-15-6-24-7-16-28/h19,24H,2-16H2,1H3/q+1/t19-/m0/s1. The van der Waals surface area contributed by atoms with Gasteiger partial charge in [-0.15, -0.1) is 0 Å². The van der Waals surface area contributed by atoms with Crippen LogP contribution < -0.4 is 5.32 Å². The molecule has 3 heterocycles. The third-order valence-electron chi connectivity index (χ3n) is 6.25. The Hall–Kier alpha value is -1.41. The van der Waals surface area contributed by atoms with Gasteiger partial charge in [0.25, 0.3) is 0 Å². The quantitative estimate of drug-likeness (QED) is 0.487. The molecule has 0 unspecified atom stereocenters. The lowest BCUT2D eigenvalue weighted by molar-refractivity contribution is 0.245.